The molecule has 178 valence electrons. The monoisotopic (exact) mass is 476 g/mol. The maximum atomic E-state index is 5.86. The molecule has 0 aliphatic rings. The molecular weight excluding hydrogens is 452 g/mol. The average Bonchev–Trinajstić information content (AvgIpc) is 3.53. The quantitative estimate of drug-likeness (QED) is 0.348. The molecule has 6 aromatic rings. The van der Waals surface area contributed by atoms with Crippen molar-refractivity contribution in [3.05, 3.63) is 73.6 Å². The average molecular weight is 477 g/mol. The molecule has 0 radical (unpaired) electrons. The fourth-order valence-electron chi connectivity index (χ4n) is 4.19. The van der Waals surface area contributed by atoms with Crippen LogP contribution in [0.4, 0.5) is 0 Å². The number of aromatic amines is 2. The maximum absolute atomic E-state index is 5.86. The van der Waals surface area contributed by atoms with Crippen LogP contribution in [0.15, 0.2) is 73.6 Å². The van der Waals surface area contributed by atoms with Gasteiger partial charge in [0.05, 0.1) is 29.3 Å². The zero-order chi connectivity index (χ0) is 24.5. The summed E-state index contributed by atoms with van der Waals surface area (Å²) >= 11 is 0. The smallest absolute Gasteiger partial charge is 0.138 e. The van der Waals surface area contributed by atoms with Crippen molar-refractivity contribution in [3.8, 4) is 39.5 Å². The molecule has 6 heterocycles. The molecule has 0 bridgehead atoms. The highest BCUT2D eigenvalue weighted by molar-refractivity contribution is 6.00. The van der Waals surface area contributed by atoms with Crippen LogP contribution in [0.25, 0.3) is 55.7 Å². The second-order valence-electron chi connectivity index (χ2n) is 8.79. The van der Waals surface area contributed by atoms with Crippen LogP contribution >= 0.6 is 0 Å². The lowest BCUT2D eigenvalue weighted by Gasteiger charge is -2.11. The summed E-state index contributed by atoms with van der Waals surface area (Å²) in [6.07, 6.45) is 10.7. The van der Waals surface area contributed by atoms with Crippen molar-refractivity contribution in [1.82, 2.24) is 40.0 Å². The first-order chi connectivity index (χ1) is 17.7. The number of nitrogens with one attached hydrogen (secondary N) is 2. The van der Waals surface area contributed by atoms with E-state index < -0.39 is 0 Å². The Balaban J connectivity index is 1.38. The van der Waals surface area contributed by atoms with Gasteiger partial charge >= 0.3 is 0 Å². The standard InChI is InChI=1S/C27H24N8O/c1-35(2)8-9-36-19-10-18(14-29-15-19)23-12-22-25(16-31-23)33-34-26(22)24-11-21-20(5-7-30-27(21)32-24)17-4-3-6-28-13-17/h3-7,10-16H,8-9H2,1-2H3,(H,30,32)(H,33,34). The third kappa shape index (κ3) is 4.16. The van der Waals surface area contributed by atoms with E-state index >= 15 is 0 Å². The molecule has 0 saturated heterocycles. The molecule has 9 nitrogen and oxygen atoms in total. The van der Waals surface area contributed by atoms with E-state index in [9.17, 15) is 0 Å². The SMILES string of the molecule is CN(C)CCOc1cncc(-c2cc3c(-c4cc5c(-c6cccnc6)ccnc5[nH]4)n[nH]c3cn2)c1. The number of hydrogen-bond acceptors (Lipinski definition) is 7. The topological polar surface area (TPSA) is 109 Å². The number of aromatic nitrogens is 7. The number of hydrogen-bond donors (Lipinski definition) is 2. The third-order valence-electron chi connectivity index (χ3n) is 6.02. The first-order valence-corrected chi connectivity index (χ1v) is 11.6. The summed E-state index contributed by atoms with van der Waals surface area (Å²) in [5.74, 6) is 0.716. The van der Waals surface area contributed by atoms with Gasteiger partial charge in [-0.3, -0.25) is 20.1 Å². The zero-order valence-electron chi connectivity index (χ0n) is 19.9. The van der Waals surface area contributed by atoms with Crippen LogP contribution < -0.4 is 4.74 Å². The first-order valence-electron chi connectivity index (χ1n) is 11.6. The number of ether oxygens (including phenoxy) is 1. The van der Waals surface area contributed by atoms with Gasteiger partial charge in [0.15, 0.2) is 0 Å². The van der Waals surface area contributed by atoms with Gasteiger partial charge in [-0.25, -0.2) is 4.98 Å². The molecule has 0 atom stereocenters. The number of likely N-dealkylation sites (N-methyl/N-ethyl adjacent to an activating group) is 1. The van der Waals surface area contributed by atoms with Gasteiger partial charge < -0.3 is 14.6 Å². The molecule has 0 amide bonds. The summed E-state index contributed by atoms with van der Waals surface area (Å²) in [6.45, 7) is 1.42. The summed E-state index contributed by atoms with van der Waals surface area (Å²) < 4.78 is 5.86. The Hall–Kier alpha value is -4.63. The minimum absolute atomic E-state index is 0.589. The van der Waals surface area contributed by atoms with Gasteiger partial charge in [0.2, 0.25) is 0 Å². The van der Waals surface area contributed by atoms with E-state index in [0.29, 0.717) is 12.4 Å². The number of fused-ring (bicyclic) bond motifs is 2. The maximum Gasteiger partial charge on any atom is 0.138 e. The molecule has 0 aromatic carbocycles. The van der Waals surface area contributed by atoms with Crippen molar-refractivity contribution < 1.29 is 4.74 Å². The van der Waals surface area contributed by atoms with Crippen LogP contribution in [0.5, 0.6) is 5.75 Å². The number of pyridine rings is 4. The van der Waals surface area contributed by atoms with Gasteiger partial charge in [-0.2, -0.15) is 5.10 Å². The van der Waals surface area contributed by atoms with Crippen LogP contribution in [0, 0.1) is 0 Å². The second-order valence-corrected chi connectivity index (χ2v) is 8.79. The Morgan fingerprint density at radius 3 is 2.67 bits per heavy atom. The van der Waals surface area contributed by atoms with Crippen molar-refractivity contribution in [2.24, 2.45) is 0 Å². The van der Waals surface area contributed by atoms with Gasteiger partial charge in [-0.1, -0.05) is 6.07 Å². The lowest BCUT2D eigenvalue weighted by atomic mass is 10.1. The Kier molecular flexibility index (Phi) is 5.59. The summed E-state index contributed by atoms with van der Waals surface area (Å²) in [5, 5.41) is 9.65. The number of rotatable bonds is 7. The highest BCUT2D eigenvalue weighted by Gasteiger charge is 2.15. The molecule has 0 aliphatic heterocycles. The van der Waals surface area contributed by atoms with Crippen molar-refractivity contribution >= 4 is 21.9 Å². The molecule has 0 unspecified atom stereocenters. The highest BCUT2D eigenvalue weighted by atomic mass is 16.5. The molecule has 9 heteroatoms. The van der Waals surface area contributed by atoms with E-state index in [4.69, 9.17) is 4.74 Å². The van der Waals surface area contributed by atoms with E-state index in [1.54, 1.807) is 31.0 Å². The van der Waals surface area contributed by atoms with E-state index in [0.717, 1.165) is 62.3 Å². The number of H-pyrrole nitrogens is 2. The third-order valence-corrected chi connectivity index (χ3v) is 6.02. The van der Waals surface area contributed by atoms with Crippen LogP contribution in [0.1, 0.15) is 0 Å². The summed E-state index contributed by atoms with van der Waals surface area (Å²) in [7, 11) is 4.03. The van der Waals surface area contributed by atoms with Gasteiger partial charge in [0, 0.05) is 53.2 Å². The Morgan fingerprint density at radius 1 is 0.889 bits per heavy atom. The van der Waals surface area contributed by atoms with Crippen molar-refractivity contribution in [2.75, 3.05) is 27.2 Å². The molecule has 0 saturated carbocycles. The van der Waals surface area contributed by atoms with E-state index in [1.165, 1.54) is 0 Å². The van der Waals surface area contributed by atoms with Crippen molar-refractivity contribution in [3.63, 3.8) is 0 Å². The second kappa shape index (κ2) is 9.20. The van der Waals surface area contributed by atoms with Gasteiger partial charge in [-0.15, -0.1) is 0 Å². The van der Waals surface area contributed by atoms with Gasteiger partial charge in [-0.05, 0) is 50.0 Å². The normalized spacial score (nSPS) is 11.5. The van der Waals surface area contributed by atoms with E-state index in [1.807, 2.05) is 50.6 Å². The lowest BCUT2D eigenvalue weighted by Crippen LogP contribution is -2.19. The molecular formula is C27H24N8O. The molecule has 0 aliphatic carbocycles. The summed E-state index contributed by atoms with van der Waals surface area (Å²) in [4.78, 5) is 23.3. The zero-order valence-corrected chi connectivity index (χ0v) is 19.9. The predicted molar refractivity (Wildman–Crippen MR) is 139 cm³/mol. The van der Waals surface area contributed by atoms with Crippen LogP contribution in [-0.4, -0.2) is 67.3 Å². The lowest BCUT2D eigenvalue weighted by molar-refractivity contribution is 0.261. The Bertz CT molecular complexity index is 1660. The van der Waals surface area contributed by atoms with Gasteiger partial charge in [0.25, 0.3) is 0 Å². The largest absolute Gasteiger partial charge is 0.491 e. The van der Waals surface area contributed by atoms with Crippen molar-refractivity contribution in [2.45, 2.75) is 0 Å². The Morgan fingerprint density at radius 2 is 1.81 bits per heavy atom. The summed E-state index contributed by atoms with van der Waals surface area (Å²) in [5.41, 5.74) is 7.09. The fourth-order valence-corrected chi connectivity index (χ4v) is 4.19. The summed E-state index contributed by atoms with van der Waals surface area (Å²) in [6, 6.07) is 12.0. The van der Waals surface area contributed by atoms with Crippen molar-refractivity contribution in [1.29, 1.82) is 0 Å². The molecule has 0 spiro atoms. The minimum atomic E-state index is 0.589. The van der Waals surface area contributed by atoms with Crippen LogP contribution in [0.3, 0.4) is 0 Å². The molecule has 6 rings (SSSR count). The molecule has 0 fully saturated rings. The Labute approximate surface area is 207 Å². The minimum Gasteiger partial charge on any atom is -0.491 e. The predicted octanol–water partition coefficient (Wildman–Crippen LogP) is 4.57. The van der Waals surface area contributed by atoms with Gasteiger partial charge in [0.1, 0.15) is 23.7 Å². The first kappa shape index (κ1) is 21.9. The molecule has 36 heavy (non-hydrogen) atoms. The van der Waals surface area contributed by atoms with E-state index in [-0.39, 0.29) is 0 Å². The van der Waals surface area contributed by atoms with Crippen LogP contribution in [0.2, 0.25) is 0 Å². The van der Waals surface area contributed by atoms with E-state index in [2.05, 4.69) is 46.1 Å². The fraction of sp³-hybridized carbons (Fsp3) is 0.148. The number of nitrogens with zero attached hydrogens (tertiary/aromatic N) is 6. The molecule has 2 N–H and O–H groups in total. The highest BCUT2D eigenvalue weighted by Crippen LogP contribution is 2.34. The molecule has 6 aromatic heterocycles. The van der Waals surface area contributed by atoms with Crippen LogP contribution in [-0.2, 0) is 0 Å².